The van der Waals surface area contributed by atoms with Gasteiger partial charge >= 0.3 is 0 Å². The Bertz CT molecular complexity index is 767. The molecule has 2 aromatic carbocycles. The maximum absolute atomic E-state index is 5.94. The number of para-hydroxylation sites is 1. The number of nitrogens with one attached hydrogen (secondary N) is 1. The molecule has 0 fully saturated rings. The third-order valence-electron chi connectivity index (χ3n) is 4.07. The lowest BCUT2D eigenvalue weighted by molar-refractivity contribution is 0.413. The van der Waals surface area contributed by atoms with E-state index in [1.165, 1.54) is 0 Å². The molecule has 0 aromatic heterocycles. The van der Waals surface area contributed by atoms with E-state index in [0.29, 0.717) is 6.54 Å². The Morgan fingerprint density at radius 1 is 1.00 bits per heavy atom. The van der Waals surface area contributed by atoms with Crippen molar-refractivity contribution in [1.82, 2.24) is 5.32 Å². The first kappa shape index (κ1) is 16.6. The molecular formula is C18H22N6O. The number of hydrogen-bond donors (Lipinski definition) is 3. The van der Waals surface area contributed by atoms with Gasteiger partial charge in [-0.2, -0.15) is 0 Å². The number of nitrogens with zero attached hydrogens (tertiary/aromatic N) is 3. The van der Waals surface area contributed by atoms with Crippen molar-refractivity contribution in [3.8, 4) is 5.75 Å². The van der Waals surface area contributed by atoms with Crippen LogP contribution in [0.4, 0.5) is 5.69 Å². The number of guanidine groups is 2. The van der Waals surface area contributed by atoms with Crippen LogP contribution >= 0.6 is 0 Å². The van der Waals surface area contributed by atoms with Crippen LogP contribution < -0.4 is 26.4 Å². The summed E-state index contributed by atoms with van der Waals surface area (Å²) in [6, 6.07) is 17.6. The molecule has 7 heteroatoms. The second-order valence-electron chi connectivity index (χ2n) is 5.86. The maximum atomic E-state index is 5.94. The average Bonchev–Trinajstić information content (AvgIpc) is 2.61. The number of likely N-dealkylation sites (N-methyl/N-ethyl adjacent to an activating group) is 1. The van der Waals surface area contributed by atoms with Gasteiger partial charge in [0.1, 0.15) is 5.75 Å². The first-order chi connectivity index (χ1) is 12.0. The van der Waals surface area contributed by atoms with E-state index in [0.717, 1.165) is 17.0 Å². The topological polar surface area (TPSA) is 101 Å². The molecule has 2 aromatic rings. The van der Waals surface area contributed by atoms with Gasteiger partial charge < -0.3 is 21.1 Å². The predicted molar refractivity (Wildman–Crippen MR) is 101 cm³/mol. The number of hydrogen-bond acceptors (Lipinski definition) is 7. The van der Waals surface area contributed by atoms with Crippen molar-refractivity contribution in [2.45, 2.75) is 5.66 Å². The molecule has 0 radical (unpaired) electrons. The number of methoxy groups -OCH3 is 1. The van der Waals surface area contributed by atoms with Gasteiger partial charge in [-0.15, -0.1) is 0 Å². The molecule has 0 amide bonds. The Balaban J connectivity index is 2.02. The van der Waals surface area contributed by atoms with Crippen LogP contribution in [0.1, 0.15) is 5.56 Å². The maximum Gasteiger partial charge on any atom is 0.200 e. The molecule has 25 heavy (non-hydrogen) atoms. The fourth-order valence-corrected chi connectivity index (χ4v) is 2.86. The van der Waals surface area contributed by atoms with Crippen molar-refractivity contribution >= 4 is 17.6 Å². The number of aliphatic imine (C=N–C) groups is 2. The minimum absolute atomic E-state index is 0.241. The second-order valence-corrected chi connectivity index (χ2v) is 5.86. The van der Waals surface area contributed by atoms with E-state index in [-0.39, 0.29) is 11.9 Å². The Hall–Kier alpha value is -3.22. The minimum Gasteiger partial charge on any atom is -0.497 e. The van der Waals surface area contributed by atoms with Gasteiger partial charge in [-0.05, 0) is 24.3 Å². The smallest absolute Gasteiger partial charge is 0.200 e. The molecule has 0 atom stereocenters. The lowest BCUT2D eigenvalue weighted by atomic mass is 9.99. The third kappa shape index (κ3) is 3.50. The van der Waals surface area contributed by atoms with Gasteiger partial charge in [0.2, 0.25) is 0 Å². The van der Waals surface area contributed by atoms with Gasteiger partial charge in [0.05, 0.1) is 13.7 Å². The molecule has 130 valence electrons. The molecule has 5 N–H and O–H groups in total. The number of nitrogens with two attached hydrogens (primary N) is 2. The highest BCUT2D eigenvalue weighted by molar-refractivity contribution is 5.99. The van der Waals surface area contributed by atoms with Crippen molar-refractivity contribution in [3.63, 3.8) is 0 Å². The zero-order chi connectivity index (χ0) is 17.9. The first-order valence-corrected chi connectivity index (χ1v) is 7.91. The molecule has 0 aliphatic carbocycles. The summed E-state index contributed by atoms with van der Waals surface area (Å²) in [6.45, 7) is 0.479. The molecule has 0 spiro atoms. The molecule has 1 aliphatic heterocycles. The highest BCUT2D eigenvalue weighted by Gasteiger charge is 2.36. The quantitative estimate of drug-likeness (QED) is 0.761. The summed E-state index contributed by atoms with van der Waals surface area (Å²) in [5, 5.41) is 2.75. The third-order valence-corrected chi connectivity index (χ3v) is 4.07. The highest BCUT2D eigenvalue weighted by Crippen LogP contribution is 2.32. The Labute approximate surface area is 147 Å². The molecule has 0 unspecified atom stereocenters. The fourth-order valence-electron chi connectivity index (χ4n) is 2.86. The van der Waals surface area contributed by atoms with E-state index in [4.69, 9.17) is 16.2 Å². The van der Waals surface area contributed by atoms with E-state index in [1.807, 2.05) is 61.6 Å². The summed E-state index contributed by atoms with van der Waals surface area (Å²) in [7, 11) is 3.62. The van der Waals surface area contributed by atoms with Crippen LogP contribution in [0.5, 0.6) is 5.75 Å². The van der Waals surface area contributed by atoms with Gasteiger partial charge in [0, 0.05) is 18.3 Å². The van der Waals surface area contributed by atoms with Crippen molar-refractivity contribution in [3.05, 3.63) is 60.2 Å². The SMILES string of the molecule is COc1ccc(C2(CN(C)c3ccccc3)N=C(N)NC(N)=N2)cc1. The van der Waals surface area contributed by atoms with Crippen molar-refractivity contribution in [2.75, 3.05) is 25.6 Å². The van der Waals surface area contributed by atoms with Crippen LogP contribution in [0, 0.1) is 0 Å². The fraction of sp³-hybridized carbons (Fsp3) is 0.222. The van der Waals surface area contributed by atoms with Crippen LogP contribution in [0.3, 0.4) is 0 Å². The van der Waals surface area contributed by atoms with E-state index in [1.54, 1.807) is 7.11 Å². The predicted octanol–water partition coefficient (Wildman–Crippen LogP) is 1.22. The summed E-state index contributed by atoms with van der Waals surface area (Å²) in [5.41, 5.74) is 12.9. The van der Waals surface area contributed by atoms with Crippen LogP contribution in [-0.4, -0.2) is 32.6 Å². The van der Waals surface area contributed by atoms with Crippen molar-refractivity contribution in [2.24, 2.45) is 21.5 Å². The lowest BCUT2D eigenvalue weighted by Crippen LogP contribution is -2.51. The van der Waals surface area contributed by atoms with E-state index >= 15 is 0 Å². The van der Waals surface area contributed by atoms with Crippen molar-refractivity contribution < 1.29 is 4.74 Å². The molecular weight excluding hydrogens is 316 g/mol. The molecule has 1 heterocycles. The summed E-state index contributed by atoms with van der Waals surface area (Å²) < 4.78 is 5.24. The molecule has 0 bridgehead atoms. The van der Waals surface area contributed by atoms with Crippen molar-refractivity contribution in [1.29, 1.82) is 0 Å². The van der Waals surface area contributed by atoms with Crippen LogP contribution in [0.2, 0.25) is 0 Å². The normalized spacial score (nSPS) is 15.6. The zero-order valence-electron chi connectivity index (χ0n) is 14.3. The Kier molecular flexibility index (Phi) is 4.47. The van der Waals surface area contributed by atoms with Gasteiger partial charge in [-0.25, -0.2) is 9.98 Å². The number of anilines is 1. The first-order valence-electron chi connectivity index (χ1n) is 7.91. The number of benzene rings is 2. The molecule has 0 saturated carbocycles. The number of ether oxygens (including phenoxy) is 1. The van der Waals surface area contributed by atoms with Crippen LogP contribution in [0.25, 0.3) is 0 Å². The molecule has 1 aliphatic rings. The van der Waals surface area contributed by atoms with E-state index < -0.39 is 5.66 Å². The van der Waals surface area contributed by atoms with Crippen LogP contribution in [0.15, 0.2) is 64.6 Å². The average molecular weight is 338 g/mol. The zero-order valence-corrected chi connectivity index (χ0v) is 14.3. The Morgan fingerprint density at radius 2 is 1.60 bits per heavy atom. The molecule has 7 nitrogen and oxygen atoms in total. The van der Waals surface area contributed by atoms with Gasteiger partial charge in [0.15, 0.2) is 17.6 Å². The summed E-state index contributed by atoms with van der Waals surface area (Å²) in [6.07, 6.45) is 0. The second kappa shape index (κ2) is 6.72. The number of rotatable bonds is 5. The Morgan fingerprint density at radius 3 is 2.16 bits per heavy atom. The van der Waals surface area contributed by atoms with E-state index in [2.05, 4.69) is 20.2 Å². The van der Waals surface area contributed by atoms with Gasteiger partial charge in [-0.1, -0.05) is 30.3 Å². The molecule has 0 saturated heterocycles. The van der Waals surface area contributed by atoms with Crippen LogP contribution in [-0.2, 0) is 5.66 Å². The largest absolute Gasteiger partial charge is 0.497 e. The monoisotopic (exact) mass is 338 g/mol. The lowest BCUT2D eigenvalue weighted by Gasteiger charge is -2.34. The summed E-state index contributed by atoms with van der Waals surface area (Å²) in [5.74, 6) is 1.24. The highest BCUT2D eigenvalue weighted by atomic mass is 16.5. The molecule has 3 rings (SSSR count). The minimum atomic E-state index is -0.934. The van der Waals surface area contributed by atoms with E-state index in [9.17, 15) is 0 Å². The van der Waals surface area contributed by atoms with Gasteiger partial charge in [-0.3, -0.25) is 5.32 Å². The summed E-state index contributed by atoms with van der Waals surface area (Å²) >= 11 is 0. The standard InChI is InChI=1S/C18H22N6O/c1-24(14-6-4-3-5-7-14)12-18(22-16(19)21-17(20)23-18)13-8-10-15(25-2)11-9-13/h3-11H,12H2,1-2H3,(H5,19,20,21,22,23). The van der Waals surface area contributed by atoms with Gasteiger partial charge in [0.25, 0.3) is 0 Å². The summed E-state index contributed by atoms with van der Waals surface area (Å²) in [4.78, 5) is 11.2.